The van der Waals surface area contributed by atoms with E-state index in [9.17, 15) is 4.79 Å². The minimum Gasteiger partial charge on any atom is -0.299 e. The van der Waals surface area contributed by atoms with Crippen molar-refractivity contribution in [3.05, 3.63) is 111 Å². The minimum atomic E-state index is 0.179. The molecule has 5 aromatic heterocycles. The molecular weight excluding hydrogens is 590 g/mol. The molecule has 6 aliphatic rings. The van der Waals surface area contributed by atoms with Crippen molar-refractivity contribution in [1.82, 2.24) is 24.9 Å². The average Bonchev–Trinajstić information content (AvgIpc) is 3.10. The highest BCUT2D eigenvalue weighted by molar-refractivity contribution is 5.84. The Morgan fingerprint density at radius 2 is 0.833 bits per heavy atom. The van der Waals surface area contributed by atoms with Gasteiger partial charge in [-0.15, -0.1) is 0 Å². The van der Waals surface area contributed by atoms with Crippen LogP contribution in [0.1, 0.15) is 118 Å². The second-order valence-corrected chi connectivity index (χ2v) is 15.8. The number of hydrogen-bond donors (Lipinski definition) is 0. The Balaban J connectivity index is 0.910. The molecule has 0 radical (unpaired) electrons. The van der Waals surface area contributed by atoms with E-state index in [1.165, 1.54) is 61.7 Å². The highest BCUT2D eigenvalue weighted by Crippen LogP contribution is 2.50. The van der Waals surface area contributed by atoms with Gasteiger partial charge in [-0.2, -0.15) is 0 Å². The van der Waals surface area contributed by atoms with Crippen LogP contribution >= 0.6 is 0 Å². The Labute approximate surface area is 278 Å². The third-order valence-corrected chi connectivity index (χ3v) is 13.1. The number of pyridine rings is 5. The molecule has 5 heterocycles. The van der Waals surface area contributed by atoms with Crippen molar-refractivity contribution in [3.63, 3.8) is 0 Å². The fraction of sp³-hybridized carbons (Fsp3) is 0.381. The van der Waals surface area contributed by atoms with Gasteiger partial charge in [-0.1, -0.05) is 18.2 Å². The molecule has 6 aromatic rings. The molecule has 0 N–H and O–H groups in total. The third-order valence-electron chi connectivity index (χ3n) is 13.1. The van der Waals surface area contributed by atoms with Gasteiger partial charge in [0.2, 0.25) is 0 Å². The maximum absolute atomic E-state index is 12.5. The molecule has 6 bridgehead atoms. The Bertz CT molecular complexity index is 2450. The number of ketones is 1. The van der Waals surface area contributed by atoms with Crippen molar-refractivity contribution >= 4 is 38.8 Å². The van der Waals surface area contributed by atoms with E-state index in [1.807, 2.05) is 0 Å². The number of nitrogens with zero attached hydrogens (tertiary/aromatic N) is 5. The topological polar surface area (TPSA) is 81.5 Å². The number of hydrogen-bond acceptors (Lipinski definition) is 6. The fourth-order valence-corrected chi connectivity index (χ4v) is 10.9. The summed E-state index contributed by atoms with van der Waals surface area (Å²) in [6.07, 6.45) is 9.66. The van der Waals surface area contributed by atoms with Gasteiger partial charge in [-0.25, -0.2) is 0 Å². The molecular formula is C42H35N5O. The Morgan fingerprint density at radius 3 is 1.35 bits per heavy atom. The summed E-state index contributed by atoms with van der Waals surface area (Å²) in [6, 6.07) is 20.3. The molecule has 6 nitrogen and oxygen atoms in total. The van der Waals surface area contributed by atoms with Gasteiger partial charge in [-0.05, 0) is 122 Å². The number of fused-ring (bicyclic) bond motifs is 19. The van der Waals surface area contributed by atoms with Crippen LogP contribution in [0.25, 0.3) is 33.0 Å². The number of para-hydroxylation sites is 1. The molecule has 6 heteroatoms. The van der Waals surface area contributed by atoms with Crippen molar-refractivity contribution < 1.29 is 4.79 Å². The van der Waals surface area contributed by atoms with E-state index in [4.69, 9.17) is 24.9 Å². The summed E-state index contributed by atoms with van der Waals surface area (Å²) in [4.78, 5) is 39.1. The molecule has 1 saturated carbocycles. The smallest absolute Gasteiger partial charge is 0.136 e. The molecule has 0 saturated heterocycles. The van der Waals surface area contributed by atoms with Crippen molar-refractivity contribution in [2.24, 2.45) is 5.92 Å². The summed E-state index contributed by atoms with van der Waals surface area (Å²) in [5, 5.41) is 1.24. The van der Waals surface area contributed by atoms with Gasteiger partial charge in [-0.3, -0.25) is 29.7 Å². The lowest BCUT2D eigenvalue weighted by Crippen LogP contribution is -2.31. The quantitative estimate of drug-likeness (QED) is 0.171. The van der Waals surface area contributed by atoms with E-state index in [-0.39, 0.29) is 5.92 Å². The predicted octanol–water partition coefficient (Wildman–Crippen LogP) is 7.87. The number of Topliss-reactive ketones (excluding diaryl/α,β-unsaturated/α-hetero) is 1. The van der Waals surface area contributed by atoms with Crippen LogP contribution in [-0.4, -0.2) is 30.7 Å². The fourth-order valence-electron chi connectivity index (χ4n) is 10.9. The van der Waals surface area contributed by atoms with Crippen LogP contribution in [0.2, 0.25) is 0 Å². The van der Waals surface area contributed by atoms with E-state index in [0.717, 1.165) is 85.4 Å². The summed E-state index contributed by atoms with van der Waals surface area (Å²) in [5.74, 6) is 2.73. The van der Waals surface area contributed by atoms with E-state index in [1.54, 1.807) is 0 Å². The van der Waals surface area contributed by atoms with Crippen LogP contribution in [0.3, 0.4) is 0 Å². The number of aromatic nitrogens is 5. The van der Waals surface area contributed by atoms with Crippen molar-refractivity contribution in [1.29, 1.82) is 0 Å². The van der Waals surface area contributed by atoms with Gasteiger partial charge >= 0.3 is 0 Å². The second kappa shape index (κ2) is 9.31. The molecule has 0 amide bonds. The van der Waals surface area contributed by atoms with E-state index in [0.29, 0.717) is 41.8 Å². The zero-order chi connectivity index (χ0) is 31.2. The van der Waals surface area contributed by atoms with Gasteiger partial charge in [0.05, 0.1) is 27.6 Å². The molecule has 0 aliphatic heterocycles. The zero-order valence-electron chi connectivity index (χ0n) is 26.9. The van der Waals surface area contributed by atoms with Crippen molar-refractivity contribution in [2.75, 3.05) is 0 Å². The number of carbonyl (C=O) groups excluding carboxylic acids is 1. The third kappa shape index (κ3) is 3.69. The molecule has 234 valence electrons. The van der Waals surface area contributed by atoms with Crippen LogP contribution in [0.15, 0.2) is 54.6 Å². The molecule has 48 heavy (non-hydrogen) atoms. The molecule has 1 fully saturated rings. The highest BCUT2D eigenvalue weighted by Gasteiger charge is 2.40. The van der Waals surface area contributed by atoms with Crippen LogP contribution in [0.4, 0.5) is 0 Å². The SMILES string of the molecule is O=C1CC[C@H]2C[C@@H]1Cc1cc3nc4c(cc3nc12)C[C@H]1C[C@@H]4Cc2cc3nc4c(cc3nc21)C[C@H]1C[C@@H]4Cc2cc3ccccc3nc21. The second-order valence-electron chi connectivity index (χ2n) is 15.8. The summed E-state index contributed by atoms with van der Waals surface area (Å²) in [6.45, 7) is 0. The summed E-state index contributed by atoms with van der Waals surface area (Å²) >= 11 is 0. The maximum atomic E-state index is 12.5. The molecule has 12 rings (SSSR count). The van der Waals surface area contributed by atoms with Gasteiger partial charge < -0.3 is 0 Å². The first kappa shape index (κ1) is 26.4. The van der Waals surface area contributed by atoms with Crippen LogP contribution in [0, 0.1) is 5.92 Å². The molecule has 0 unspecified atom stereocenters. The number of carbonyl (C=O) groups is 1. The standard InChI is InChI=1S/C42H35N5O/c48-37-6-5-21-8-22(37)9-28-16-34-33(44-38(21)28)17-30-14-26-12-27(41(30)45-34)15-31-19-35-36(47-42(26)31)18-29-13-25-11-24(40(29)46-35)10-23-7-20-3-1-2-4-32(20)43-39(23)25/h1-4,7,16-19,21-22,24-27H,5-6,8-15H2/t21-,22+,24-,25+,26+,27+/m0/s1. The van der Waals surface area contributed by atoms with Crippen LogP contribution in [0.5, 0.6) is 0 Å². The van der Waals surface area contributed by atoms with Gasteiger partial charge in [0.1, 0.15) is 5.78 Å². The molecule has 6 aliphatic carbocycles. The van der Waals surface area contributed by atoms with Gasteiger partial charge in [0, 0.05) is 75.8 Å². The highest BCUT2D eigenvalue weighted by atomic mass is 16.1. The first-order valence-electron chi connectivity index (χ1n) is 18.2. The first-order valence-corrected chi connectivity index (χ1v) is 18.2. The minimum absolute atomic E-state index is 0.179. The number of rotatable bonds is 0. The Kier molecular flexibility index (Phi) is 5.12. The largest absolute Gasteiger partial charge is 0.299 e. The van der Waals surface area contributed by atoms with Gasteiger partial charge in [0.15, 0.2) is 0 Å². The molecule has 1 aromatic carbocycles. The van der Waals surface area contributed by atoms with Gasteiger partial charge in [0.25, 0.3) is 0 Å². The molecule has 0 spiro atoms. The lowest BCUT2D eigenvalue weighted by molar-refractivity contribution is -0.125. The summed E-state index contributed by atoms with van der Waals surface area (Å²) in [7, 11) is 0. The Hall–Kier alpha value is -4.58. The van der Waals surface area contributed by atoms with Crippen LogP contribution < -0.4 is 0 Å². The van der Waals surface area contributed by atoms with E-state index < -0.39 is 0 Å². The first-order chi connectivity index (χ1) is 23.6. The monoisotopic (exact) mass is 625 g/mol. The average molecular weight is 626 g/mol. The van der Waals surface area contributed by atoms with Crippen LogP contribution in [-0.2, 0) is 36.9 Å². The molecule has 6 atom stereocenters. The maximum Gasteiger partial charge on any atom is 0.136 e. The normalized spacial score (nSPS) is 27.6. The van der Waals surface area contributed by atoms with Crippen molar-refractivity contribution in [2.45, 2.75) is 93.8 Å². The Morgan fingerprint density at radius 1 is 0.438 bits per heavy atom. The number of benzene rings is 1. The van der Waals surface area contributed by atoms with E-state index >= 15 is 0 Å². The van der Waals surface area contributed by atoms with Crippen molar-refractivity contribution in [3.8, 4) is 0 Å². The lowest BCUT2D eigenvalue weighted by atomic mass is 9.69. The van der Waals surface area contributed by atoms with E-state index in [2.05, 4.69) is 54.6 Å². The zero-order valence-corrected chi connectivity index (χ0v) is 26.9. The lowest BCUT2D eigenvalue weighted by Gasteiger charge is -2.38. The predicted molar refractivity (Wildman–Crippen MR) is 185 cm³/mol. The summed E-state index contributed by atoms with van der Waals surface area (Å²) in [5.41, 5.74) is 18.3. The summed E-state index contributed by atoms with van der Waals surface area (Å²) < 4.78 is 0.